The van der Waals surface area contributed by atoms with Crippen molar-refractivity contribution < 1.29 is 9.59 Å². The summed E-state index contributed by atoms with van der Waals surface area (Å²) in [4.78, 5) is 27.8. The number of carbonyl (C=O) groups excluding carboxylic acids is 2. The predicted octanol–water partition coefficient (Wildman–Crippen LogP) is 9.11. The van der Waals surface area contributed by atoms with Gasteiger partial charge >= 0.3 is 0 Å². The molecule has 2 amide bonds. The summed E-state index contributed by atoms with van der Waals surface area (Å²) in [7, 11) is 0. The minimum absolute atomic E-state index is 0.103. The van der Waals surface area contributed by atoms with Crippen LogP contribution in [0, 0.1) is 0 Å². The minimum Gasteiger partial charge on any atom is -0.348 e. The van der Waals surface area contributed by atoms with Crippen molar-refractivity contribution in [2.75, 3.05) is 0 Å². The molecule has 2 N–H and O–H groups in total. The Hall–Kier alpha value is -1.66. The van der Waals surface area contributed by atoms with E-state index in [1.807, 2.05) is 0 Å². The number of carbonyl (C=O) groups is 2. The summed E-state index contributed by atoms with van der Waals surface area (Å²) < 4.78 is 0. The second-order valence-corrected chi connectivity index (χ2v) is 11.8. The number of nitrogens with one attached hydrogen (secondary N) is 2. The molecule has 36 heavy (non-hydrogen) atoms. The average molecular weight is 533 g/mol. The topological polar surface area (TPSA) is 58.2 Å². The summed E-state index contributed by atoms with van der Waals surface area (Å²) in [6, 6.07) is 8.60. The molecule has 0 aromatic carbocycles. The standard InChI is InChI=1S/C30H48N2O2S2/c1-3-5-7-9-11-17-25(27-19-15-23-35-27)31-29(33)21-13-14-22-30(34)32-26(28-20-16-24-36-28)18-12-10-8-6-4-2/h15-16,19-20,23-26H,3-14,17-18,21-22H2,1-2H3,(H,31,33)(H,32,34). The molecule has 2 atom stereocenters. The third-order valence-corrected chi connectivity index (χ3v) is 8.67. The van der Waals surface area contributed by atoms with Crippen molar-refractivity contribution in [3.63, 3.8) is 0 Å². The molecular weight excluding hydrogens is 484 g/mol. The highest BCUT2D eigenvalue weighted by Gasteiger charge is 2.17. The van der Waals surface area contributed by atoms with Crippen LogP contribution < -0.4 is 10.6 Å². The van der Waals surface area contributed by atoms with E-state index < -0.39 is 0 Å². The number of hydrogen-bond donors (Lipinski definition) is 2. The van der Waals surface area contributed by atoms with Gasteiger partial charge in [-0.3, -0.25) is 9.59 Å². The zero-order valence-electron chi connectivity index (χ0n) is 22.6. The van der Waals surface area contributed by atoms with Crippen molar-refractivity contribution in [1.29, 1.82) is 0 Å². The molecular formula is C30H48N2O2S2. The Bertz CT molecular complexity index is 737. The van der Waals surface area contributed by atoms with Gasteiger partial charge in [0.05, 0.1) is 12.1 Å². The maximum absolute atomic E-state index is 12.6. The summed E-state index contributed by atoms with van der Waals surface area (Å²) in [6.45, 7) is 4.46. The largest absolute Gasteiger partial charge is 0.348 e. The molecule has 2 unspecified atom stereocenters. The molecule has 0 saturated carbocycles. The molecule has 202 valence electrons. The van der Waals surface area contributed by atoms with Crippen molar-refractivity contribution in [3.05, 3.63) is 44.8 Å². The fourth-order valence-corrected chi connectivity index (χ4v) is 6.18. The van der Waals surface area contributed by atoms with Crippen LogP contribution in [0.3, 0.4) is 0 Å². The minimum atomic E-state index is 0.103. The van der Waals surface area contributed by atoms with Crippen LogP contribution in [0.1, 0.15) is 138 Å². The normalized spacial score (nSPS) is 12.8. The second-order valence-electron chi connectivity index (χ2n) is 9.88. The molecule has 0 aliphatic carbocycles. The molecule has 0 aliphatic rings. The van der Waals surface area contributed by atoms with E-state index in [0.717, 1.165) is 38.5 Å². The maximum atomic E-state index is 12.6. The monoisotopic (exact) mass is 532 g/mol. The summed E-state index contributed by atoms with van der Waals surface area (Å²) in [5, 5.41) is 10.7. The number of amides is 2. The van der Waals surface area contributed by atoms with Gasteiger partial charge in [-0.2, -0.15) is 0 Å². The van der Waals surface area contributed by atoms with Crippen LogP contribution in [0.15, 0.2) is 35.0 Å². The first-order chi connectivity index (χ1) is 17.6. The quantitative estimate of drug-likeness (QED) is 0.157. The van der Waals surface area contributed by atoms with Crippen LogP contribution in [-0.4, -0.2) is 11.8 Å². The molecule has 2 rings (SSSR count). The van der Waals surface area contributed by atoms with Crippen LogP contribution in [0.2, 0.25) is 0 Å². The van der Waals surface area contributed by atoms with Crippen LogP contribution in [0.4, 0.5) is 0 Å². The molecule has 4 nitrogen and oxygen atoms in total. The molecule has 2 aromatic heterocycles. The smallest absolute Gasteiger partial charge is 0.220 e. The van der Waals surface area contributed by atoms with Gasteiger partial charge in [0.15, 0.2) is 0 Å². The number of unbranched alkanes of at least 4 members (excludes halogenated alkanes) is 9. The molecule has 0 fully saturated rings. The fourth-order valence-electron chi connectivity index (χ4n) is 4.56. The first-order valence-electron chi connectivity index (χ1n) is 14.3. The maximum Gasteiger partial charge on any atom is 0.220 e. The van der Waals surface area contributed by atoms with E-state index in [-0.39, 0.29) is 23.9 Å². The molecule has 0 aliphatic heterocycles. The van der Waals surface area contributed by atoms with E-state index >= 15 is 0 Å². The molecule has 2 aromatic rings. The Morgan fingerprint density at radius 3 is 1.42 bits per heavy atom. The van der Waals surface area contributed by atoms with E-state index in [2.05, 4.69) is 59.5 Å². The lowest BCUT2D eigenvalue weighted by atomic mass is 10.0. The Balaban J connectivity index is 1.69. The first kappa shape index (κ1) is 30.6. The molecule has 0 saturated heterocycles. The van der Waals surface area contributed by atoms with Crippen molar-refractivity contribution >= 4 is 34.5 Å². The predicted molar refractivity (Wildman–Crippen MR) is 156 cm³/mol. The fraction of sp³-hybridized carbons (Fsp3) is 0.667. The highest BCUT2D eigenvalue weighted by molar-refractivity contribution is 7.10. The van der Waals surface area contributed by atoms with Gasteiger partial charge in [-0.25, -0.2) is 0 Å². The van der Waals surface area contributed by atoms with Crippen LogP contribution >= 0.6 is 22.7 Å². The number of hydrogen-bond acceptors (Lipinski definition) is 4. The Kier molecular flexibility index (Phi) is 16.5. The zero-order valence-corrected chi connectivity index (χ0v) is 24.2. The average Bonchev–Trinajstić information content (AvgIpc) is 3.60. The van der Waals surface area contributed by atoms with E-state index in [9.17, 15) is 9.59 Å². The van der Waals surface area contributed by atoms with Gasteiger partial charge in [-0.05, 0) is 48.6 Å². The van der Waals surface area contributed by atoms with Crippen LogP contribution in [0.25, 0.3) is 0 Å². The zero-order chi connectivity index (χ0) is 25.8. The lowest BCUT2D eigenvalue weighted by Gasteiger charge is -2.18. The van der Waals surface area contributed by atoms with Crippen molar-refractivity contribution in [2.24, 2.45) is 0 Å². The van der Waals surface area contributed by atoms with Gasteiger partial charge in [-0.15, -0.1) is 22.7 Å². The third-order valence-electron chi connectivity index (χ3n) is 6.69. The Morgan fingerprint density at radius 1 is 0.639 bits per heavy atom. The summed E-state index contributed by atoms with van der Waals surface area (Å²) in [5.74, 6) is 0.205. The molecule has 0 radical (unpaired) electrons. The lowest BCUT2D eigenvalue weighted by molar-refractivity contribution is -0.123. The molecule has 2 heterocycles. The first-order valence-corrected chi connectivity index (χ1v) is 16.1. The number of thiophene rings is 2. The highest BCUT2D eigenvalue weighted by Crippen LogP contribution is 2.26. The number of rotatable bonds is 21. The van der Waals surface area contributed by atoms with Crippen LogP contribution in [0.5, 0.6) is 0 Å². The van der Waals surface area contributed by atoms with Crippen LogP contribution in [-0.2, 0) is 9.59 Å². The lowest BCUT2D eigenvalue weighted by Crippen LogP contribution is -2.29. The van der Waals surface area contributed by atoms with Gasteiger partial charge in [0.2, 0.25) is 11.8 Å². The van der Waals surface area contributed by atoms with Gasteiger partial charge in [0.1, 0.15) is 0 Å². The molecule has 0 bridgehead atoms. The van der Waals surface area contributed by atoms with Gasteiger partial charge < -0.3 is 10.6 Å². The summed E-state index contributed by atoms with van der Waals surface area (Å²) >= 11 is 3.44. The van der Waals surface area contributed by atoms with E-state index in [1.54, 1.807) is 22.7 Å². The van der Waals surface area contributed by atoms with E-state index in [0.29, 0.717) is 12.8 Å². The molecule has 6 heteroatoms. The van der Waals surface area contributed by atoms with E-state index in [4.69, 9.17) is 0 Å². The Morgan fingerprint density at radius 2 is 1.06 bits per heavy atom. The highest BCUT2D eigenvalue weighted by atomic mass is 32.1. The van der Waals surface area contributed by atoms with Crippen molar-refractivity contribution in [2.45, 2.75) is 129 Å². The summed E-state index contributed by atoms with van der Waals surface area (Å²) in [6.07, 6.45) is 16.8. The van der Waals surface area contributed by atoms with Gasteiger partial charge in [-0.1, -0.05) is 90.2 Å². The summed E-state index contributed by atoms with van der Waals surface area (Å²) in [5.41, 5.74) is 0. The van der Waals surface area contributed by atoms with Crippen molar-refractivity contribution in [3.8, 4) is 0 Å². The SMILES string of the molecule is CCCCCCCC(NC(=O)CCCCC(=O)NC(CCCCCCC)c1cccs1)c1cccs1. The van der Waals surface area contributed by atoms with Gasteiger partial charge in [0, 0.05) is 22.6 Å². The Labute approximate surface area is 227 Å². The van der Waals surface area contributed by atoms with E-state index in [1.165, 1.54) is 61.1 Å². The third kappa shape index (κ3) is 13.0. The van der Waals surface area contributed by atoms with Crippen molar-refractivity contribution in [1.82, 2.24) is 10.6 Å². The second kappa shape index (κ2) is 19.5. The van der Waals surface area contributed by atoms with Gasteiger partial charge in [0.25, 0.3) is 0 Å². The molecule has 0 spiro atoms.